The molecular weight excluding hydrogens is 368 g/mol. The van der Waals surface area contributed by atoms with Crippen molar-refractivity contribution >= 4 is 5.97 Å². The van der Waals surface area contributed by atoms with Gasteiger partial charge in [-0.1, -0.05) is 129 Å². The summed E-state index contributed by atoms with van der Waals surface area (Å²) in [5, 5.41) is 0. The van der Waals surface area contributed by atoms with E-state index in [1.165, 1.54) is 122 Å². The van der Waals surface area contributed by atoms with Gasteiger partial charge in [-0.2, -0.15) is 0 Å². The molecule has 0 saturated heterocycles. The van der Waals surface area contributed by atoms with Gasteiger partial charge in [0.1, 0.15) is 6.10 Å². The van der Waals surface area contributed by atoms with Gasteiger partial charge in [0.25, 0.3) is 0 Å². The molecule has 0 heterocycles. The van der Waals surface area contributed by atoms with Gasteiger partial charge in [0, 0.05) is 5.57 Å². The van der Waals surface area contributed by atoms with Crippen molar-refractivity contribution < 1.29 is 9.53 Å². The average Bonchev–Trinajstić information content (AvgIpc) is 2.73. The highest BCUT2D eigenvalue weighted by atomic mass is 16.5. The van der Waals surface area contributed by atoms with Crippen LogP contribution in [0.5, 0.6) is 0 Å². The number of hydrogen-bond donors (Lipinski definition) is 0. The minimum absolute atomic E-state index is 0.133. The first kappa shape index (κ1) is 27.2. The first-order valence-corrected chi connectivity index (χ1v) is 13.5. The summed E-state index contributed by atoms with van der Waals surface area (Å²) in [6.45, 7) is 7.72. The van der Waals surface area contributed by atoms with Gasteiger partial charge in [-0.05, 0) is 32.1 Å². The molecule has 1 saturated carbocycles. The number of ether oxygens (including phenoxy) is 1. The number of carbonyl (C=O) groups is 1. The summed E-state index contributed by atoms with van der Waals surface area (Å²) in [6.07, 6.45) is 28.9. The van der Waals surface area contributed by atoms with Gasteiger partial charge in [0.2, 0.25) is 0 Å². The van der Waals surface area contributed by atoms with Crippen molar-refractivity contribution in [2.45, 2.75) is 155 Å². The molecule has 0 aromatic heterocycles. The molecule has 0 radical (unpaired) electrons. The Hall–Kier alpha value is -0.790. The highest BCUT2D eigenvalue weighted by Crippen LogP contribution is 2.30. The zero-order valence-electron chi connectivity index (χ0n) is 20.5. The van der Waals surface area contributed by atoms with Gasteiger partial charge >= 0.3 is 5.97 Å². The summed E-state index contributed by atoms with van der Waals surface area (Å²) in [4.78, 5) is 11.7. The van der Waals surface area contributed by atoms with Gasteiger partial charge in [0.05, 0.1) is 0 Å². The highest BCUT2D eigenvalue weighted by Gasteiger charge is 2.24. The Morgan fingerprint density at radius 2 is 1.23 bits per heavy atom. The fourth-order valence-corrected chi connectivity index (χ4v) is 4.84. The van der Waals surface area contributed by atoms with Crippen LogP contribution in [0.3, 0.4) is 0 Å². The van der Waals surface area contributed by atoms with Crippen molar-refractivity contribution in [2.75, 3.05) is 0 Å². The third-order valence-electron chi connectivity index (χ3n) is 6.82. The molecule has 1 rings (SSSR count). The molecule has 1 aliphatic carbocycles. The topological polar surface area (TPSA) is 26.3 Å². The lowest BCUT2D eigenvalue weighted by Crippen LogP contribution is -2.25. The average molecular weight is 421 g/mol. The lowest BCUT2D eigenvalue weighted by molar-refractivity contribution is -0.146. The zero-order valence-corrected chi connectivity index (χ0v) is 20.5. The molecule has 0 bridgehead atoms. The van der Waals surface area contributed by atoms with Crippen molar-refractivity contribution in [1.29, 1.82) is 0 Å². The van der Waals surface area contributed by atoms with E-state index >= 15 is 0 Å². The monoisotopic (exact) mass is 420 g/mol. The van der Waals surface area contributed by atoms with Crippen LogP contribution in [-0.4, -0.2) is 12.1 Å². The van der Waals surface area contributed by atoms with Gasteiger partial charge in [0.15, 0.2) is 0 Å². The Bertz CT molecular complexity index is 428. The molecule has 1 aliphatic rings. The maximum absolute atomic E-state index is 11.7. The molecule has 2 atom stereocenters. The summed E-state index contributed by atoms with van der Waals surface area (Å²) in [5.74, 6) is 0.552. The minimum Gasteiger partial charge on any atom is -0.459 e. The quantitative estimate of drug-likeness (QED) is 0.118. The predicted molar refractivity (Wildman–Crippen MR) is 131 cm³/mol. The molecule has 0 N–H and O–H groups in total. The second-order valence-corrected chi connectivity index (χ2v) is 9.93. The van der Waals surface area contributed by atoms with Crippen LogP contribution < -0.4 is 0 Å². The number of carbonyl (C=O) groups excluding carboxylic acids is 1. The van der Waals surface area contributed by atoms with E-state index in [1.807, 2.05) is 0 Å². The predicted octanol–water partition coefficient (Wildman–Crippen LogP) is 9.32. The molecule has 0 aromatic rings. The van der Waals surface area contributed by atoms with Crippen molar-refractivity contribution in [2.24, 2.45) is 5.92 Å². The summed E-state index contributed by atoms with van der Waals surface area (Å²) < 4.78 is 5.58. The van der Waals surface area contributed by atoms with Crippen LogP contribution in [0.2, 0.25) is 0 Å². The Kier molecular flexibility index (Phi) is 17.2. The first-order chi connectivity index (χ1) is 14.6. The second kappa shape index (κ2) is 18.9. The van der Waals surface area contributed by atoms with Crippen LogP contribution in [0.25, 0.3) is 0 Å². The molecular formula is C28H52O2. The maximum Gasteiger partial charge on any atom is 0.333 e. The summed E-state index contributed by atoms with van der Waals surface area (Å²) in [5.41, 5.74) is 0.523. The Labute approximate surface area is 188 Å². The van der Waals surface area contributed by atoms with Crippen LogP contribution in [0, 0.1) is 5.92 Å². The van der Waals surface area contributed by atoms with Crippen LogP contribution in [0.15, 0.2) is 12.2 Å². The number of hydrogen-bond acceptors (Lipinski definition) is 2. The third kappa shape index (κ3) is 15.1. The molecule has 2 heteroatoms. The summed E-state index contributed by atoms with van der Waals surface area (Å²) in [7, 11) is 0. The SMILES string of the molecule is C=C(C)C(=O)OC1CCCC(CCCCCCCCCCCCCCCCCC)C1. The van der Waals surface area contributed by atoms with E-state index in [9.17, 15) is 4.79 Å². The van der Waals surface area contributed by atoms with Crippen molar-refractivity contribution in [3.8, 4) is 0 Å². The summed E-state index contributed by atoms with van der Waals surface area (Å²) >= 11 is 0. The highest BCUT2D eigenvalue weighted by molar-refractivity contribution is 5.87. The number of unbranched alkanes of at least 4 members (excludes halogenated alkanes) is 15. The molecule has 2 unspecified atom stereocenters. The number of rotatable bonds is 19. The van der Waals surface area contributed by atoms with Gasteiger partial charge < -0.3 is 4.74 Å². The molecule has 2 nitrogen and oxygen atoms in total. The molecule has 0 amide bonds. The second-order valence-electron chi connectivity index (χ2n) is 9.93. The van der Waals surface area contributed by atoms with E-state index in [1.54, 1.807) is 6.92 Å². The third-order valence-corrected chi connectivity index (χ3v) is 6.82. The van der Waals surface area contributed by atoms with E-state index in [0.29, 0.717) is 5.57 Å². The van der Waals surface area contributed by atoms with E-state index in [0.717, 1.165) is 18.8 Å². The first-order valence-electron chi connectivity index (χ1n) is 13.5. The Morgan fingerprint density at radius 3 is 1.70 bits per heavy atom. The minimum atomic E-state index is -0.206. The fraction of sp³-hybridized carbons (Fsp3) is 0.893. The largest absolute Gasteiger partial charge is 0.459 e. The van der Waals surface area contributed by atoms with Crippen LogP contribution in [0.4, 0.5) is 0 Å². The Balaban J connectivity index is 1.84. The zero-order chi connectivity index (χ0) is 21.9. The molecule has 1 fully saturated rings. The normalized spacial score (nSPS) is 19.0. The van der Waals surface area contributed by atoms with Crippen molar-refractivity contribution in [3.63, 3.8) is 0 Å². The molecule has 176 valence electrons. The summed E-state index contributed by atoms with van der Waals surface area (Å²) in [6, 6.07) is 0. The smallest absolute Gasteiger partial charge is 0.333 e. The standard InChI is InChI=1S/C28H52O2/c1-4-5-6-7-8-9-10-11-12-13-14-15-16-17-18-19-21-26-22-20-23-27(24-26)30-28(29)25(2)3/h26-27H,2,4-24H2,1,3H3. The molecule has 0 aliphatic heterocycles. The van der Waals surface area contributed by atoms with Crippen LogP contribution in [0.1, 0.15) is 149 Å². The maximum atomic E-state index is 11.7. The van der Waals surface area contributed by atoms with Gasteiger partial charge in [-0.15, -0.1) is 0 Å². The van der Waals surface area contributed by atoms with Crippen molar-refractivity contribution in [1.82, 2.24) is 0 Å². The fourth-order valence-electron chi connectivity index (χ4n) is 4.84. The van der Waals surface area contributed by atoms with Gasteiger partial charge in [-0.3, -0.25) is 0 Å². The van der Waals surface area contributed by atoms with E-state index in [-0.39, 0.29) is 12.1 Å². The molecule has 0 aromatic carbocycles. The molecule has 0 spiro atoms. The lowest BCUT2D eigenvalue weighted by Gasteiger charge is -2.29. The molecule has 30 heavy (non-hydrogen) atoms. The van der Waals surface area contributed by atoms with E-state index < -0.39 is 0 Å². The van der Waals surface area contributed by atoms with E-state index in [2.05, 4.69) is 13.5 Å². The Morgan fingerprint density at radius 1 is 0.767 bits per heavy atom. The van der Waals surface area contributed by atoms with Crippen molar-refractivity contribution in [3.05, 3.63) is 12.2 Å². The van der Waals surface area contributed by atoms with Crippen LogP contribution in [-0.2, 0) is 9.53 Å². The van der Waals surface area contributed by atoms with E-state index in [4.69, 9.17) is 4.74 Å². The lowest BCUT2D eigenvalue weighted by atomic mass is 9.83. The van der Waals surface area contributed by atoms with Gasteiger partial charge in [-0.25, -0.2) is 4.79 Å². The number of esters is 1. The van der Waals surface area contributed by atoms with Crippen LogP contribution >= 0.6 is 0 Å².